The number of hydrogen-bond acceptors (Lipinski definition) is 5. The van der Waals surface area contributed by atoms with Crippen LogP contribution in [0.1, 0.15) is 11.1 Å². The number of nitrogens with zero attached hydrogens (tertiary/aromatic N) is 2. The summed E-state index contributed by atoms with van der Waals surface area (Å²) >= 11 is 5.79. The Morgan fingerprint density at radius 3 is 2.71 bits per heavy atom. The van der Waals surface area contributed by atoms with Crippen LogP contribution in [-0.4, -0.2) is 13.4 Å². The second-order valence-electron chi connectivity index (χ2n) is 4.30. The number of nitrogen functional groups attached to an aromatic ring is 1. The lowest BCUT2D eigenvalue weighted by Gasteiger charge is -2.10. The molecule has 0 fully saturated rings. The summed E-state index contributed by atoms with van der Waals surface area (Å²) in [5.41, 5.74) is 6.73. The number of benzene rings is 1. The molecule has 1 aromatic carbocycles. The van der Waals surface area contributed by atoms with Gasteiger partial charge in [0.15, 0.2) is 0 Å². The van der Waals surface area contributed by atoms with Crippen LogP contribution >= 0.6 is 11.6 Å². The molecule has 0 radical (unpaired) electrons. The van der Waals surface area contributed by atoms with Crippen molar-refractivity contribution in [1.29, 1.82) is 5.26 Å². The topological polar surface area (TPSA) is 109 Å². The predicted octanol–water partition coefficient (Wildman–Crippen LogP) is 2.30. The molecule has 0 aliphatic carbocycles. The normalized spacial score (nSPS) is 10.9. The van der Waals surface area contributed by atoms with Gasteiger partial charge in [-0.1, -0.05) is 11.6 Å². The third-order valence-corrected chi connectivity index (χ3v) is 4.52. The third-order valence-electron chi connectivity index (χ3n) is 2.68. The molecular formula is C13H11ClN4O2S. The molecule has 0 bridgehead atoms. The first-order chi connectivity index (χ1) is 9.83. The van der Waals surface area contributed by atoms with Gasteiger partial charge >= 0.3 is 0 Å². The fourth-order valence-electron chi connectivity index (χ4n) is 1.69. The minimum atomic E-state index is -3.91. The maximum Gasteiger partial charge on any atom is 0.263 e. The van der Waals surface area contributed by atoms with Crippen molar-refractivity contribution < 1.29 is 8.42 Å². The number of halogens is 1. The van der Waals surface area contributed by atoms with Crippen molar-refractivity contribution in [2.75, 3.05) is 10.5 Å². The monoisotopic (exact) mass is 322 g/mol. The van der Waals surface area contributed by atoms with Gasteiger partial charge in [0.05, 0.1) is 17.4 Å². The summed E-state index contributed by atoms with van der Waals surface area (Å²) in [7, 11) is -3.91. The Bertz CT molecular complexity index is 844. The quantitative estimate of drug-likeness (QED) is 0.665. The third kappa shape index (κ3) is 3.24. The molecule has 108 valence electrons. The second-order valence-corrected chi connectivity index (χ2v) is 6.31. The summed E-state index contributed by atoms with van der Waals surface area (Å²) in [5, 5.41) is 9.32. The number of anilines is 2. The first kappa shape index (κ1) is 15.1. The summed E-state index contributed by atoms with van der Waals surface area (Å²) in [6.45, 7) is 1.71. The van der Waals surface area contributed by atoms with E-state index in [9.17, 15) is 8.42 Å². The highest BCUT2D eigenvalue weighted by Crippen LogP contribution is 2.23. The van der Waals surface area contributed by atoms with E-state index in [-0.39, 0.29) is 16.1 Å². The van der Waals surface area contributed by atoms with Gasteiger partial charge in [-0.15, -0.1) is 0 Å². The number of nitrogens with one attached hydrogen (secondary N) is 1. The molecule has 21 heavy (non-hydrogen) atoms. The summed E-state index contributed by atoms with van der Waals surface area (Å²) in [6, 6.07) is 7.37. The molecule has 0 aliphatic rings. The van der Waals surface area contributed by atoms with Crippen LogP contribution in [0, 0.1) is 18.3 Å². The summed E-state index contributed by atoms with van der Waals surface area (Å²) in [4.78, 5) is 3.72. The number of aromatic nitrogens is 1. The average molecular weight is 323 g/mol. The van der Waals surface area contributed by atoms with Gasteiger partial charge in [-0.05, 0) is 36.8 Å². The zero-order valence-electron chi connectivity index (χ0n) is 11.0. The van der Waals surface area contributed by atoms with E-state index in [4.69, 9.17) is 22.6 Å². The van der Waals surface area contributed by atoms with Crippen molar-refractivity contribution in [2.24, 2.45) is 0 Å². The zero-order valence-corrected chi connectivity index (χ0v) is 12.5. The molecule has 8 heteroatoms. The van der Waals surface area contributed by atoms with Crippen molar-refractivity contribution >= 4 is 33.0 Å². The Kier molecular flexibility index (Phi) is 4.02. The van der Waals surface area contributed by atoms with E-state index >= 15 is 0 Å². The Labute approximate surface area is 127 Å². The molecule has 0 atom stereocenters. The Morgan fingerprint density at radius 1 is 1.38 bits per heavy atom. The van der Waals surface area contributed by atoms with E-state index in [2.05, 4.69) is 9.71 Å². The molecule has 1 heterocycles. The molecule has 1 aromatic heterocycles. The lowest BCUT2D eigenvalue weighted by Crippen LogP contribution is -2.15. The first-order valence-corrected chi connectivity index (χ1v) is 7.64. The van der Waals surface area contributed by atoms with Crippen molar-refractivity contribution in [3.63, 3.8) is 0 Å². The molecule has 0 spiro atoms. The number of aryl methyl sites for hydroxylation is 1. The van der Waals surface area contributed by atoms with Gasteiger partial charge in [-0.2, -0.15) is 5.26 Å². The van der Waals surface area contributed by atoms with Gasteiger partial charge in [-0.3, -0.25) is 4.72 Å². The number of nitrogens with two attached hydrogens (primary N) is 1. The molecule has 2 rings (SSSR count). The minimum Gasteiger partial charge on any atom is -0.399 e. The van der Waals surface area contributed by atoms with E-state index in [0.29, 0.717) is 16.4 Å². The van der Waals surface area contributed by atoms with E-state index in [1.165, 1.54) is 24.4 Å². The lowest BCUT2D eigenvalue weighted by molar-refractivity contribution is 0.601. The fourth-order valence-corrected chi connectivity index (χ4v) is 2.97. The lowest BCUT2D eigenvalue weighted by atomic mass is 10.2. The van der Waals surface area contributed by atoms with Gasteiger partial charge in [-0.25, -0.2) is 13.4 Å². The van der Waals surface area contributed by atoms with E-state index in [1.54, 1.807) is 13.0 Å². The molecule has 0 unspecified atom stereocenters. The highest BCUT2D eigenvalue weighted by molar-refractivity contribution is 7.92. The number of sulfonamides is 1. The minimum absolute atomic E-state index is 0.0267. The number of nitriles is 1. The molecule has 0 amide bonds. The largest absolute Gasteiger partial charge is 0.399 e. The maximum atomic E-state index is 12.3. The van der Waals surface area contributed by atoms with Crippen molar-refractivity contribution in [1.82, 2.24) is 4.98 Å². The molecular weight excluding hydrogens is 312 g/mol. The molecule has 6 nitrogen and oxygen atoms in total. The maximum absolute atomic E-state index is 12.3. The molecule has 0 saturated carbocycles. The SMILES string of the molecule is Cc1cc(NS(=O)(=O)c2ccc(N)cc2C#N)cnc1Cl. The van der Waals surface area contributed by atoms with Gasteiger partial charge in [0.25, 0.3) is 10.0 Å². The summed E-state index contributed by atoms with van der Waals surface area (Å²) in [5.74, 6) is 0. The molecule has 0 aliphatic heterocycles. The highest BCUT2D eigenvalue weighted by atomic mass is 35.5. The van der Waals surface area contributed by atoms with E-state index in [1.807, 2.05) is 6.07 Å². The van der Waals surface area contributed by atoms with Crippen LogP contribution in [0.15, 0.2) is 35.4 Å². The number of rotatable bonds is 3. The van der Waals surface area contributed by atoms with Crippen molar-refractivity contribution in [3.8, 4) is 6.07 Å². The van der Waals surface area contributed by atoms with E-state index < -0.39 is 10.0 Å². The average Bonchev–Trinajstić information content (AvgIpc) is 2.42. The Morgan fingerprint density at radius 2 is 2.10 bits per heavy atom. The van der Waals surface area contributed by atoms with Gasteiger partial charge in [0.2, 0.25) is 0 Å². The molecule has 2 aromatic rings. The number of hydrogen-bond donors (Lipinski definition) is 2. The van der Waals surface area contributed by atoms with Gasteiger partial charge in [0.1, 0.15) is 16.1 Å². The van der Waals surface area contributed by atoms with Crippen LogP contribution in [0.2, 0.25) is 5.15 Å². The second kappa shape index (κ2) is 5.60. The van der Waals surface area contributed by atoms with Crippen LogP contribution in [-0.2, 0) is 10.0 Å². The van der Waals surface area contributed by atoms with E-state index in [0.717, 1.165) is 0 Å². The Hall–Kier alpha value is -2.30. The van der Waals surface area contributed by atoms with Crippen LogP contribution in [0.4, 0.5) is 11.4 Å². The Balaban J connectivity index is 2.43. The smallest absolute Gasteiger partial charge is 0.263 e. The van der Waals surface area contributed by atoms with Crippen molar-refractivity contribution in [3.05, 3.63) is 46.7 Å². The fraction of sp³-hybridized carbons (Fsp3) is 0.0769. The predicted molar refractivity (Wildman–Crippen MR) is 80.4 cm³/mol. The first-order valence-electron chi connectivity index (χ1n) is 5.78. The standard InChI is InChI=1S/C13H11ClN4O2S/c1-8-4-11(7-17-13(8)14)18-21(19,20)12-3-2-10(16)5-9(12)6-15/h2-5,7,18H,16H2,1H3. The van der Waals surface area contributed by atoms with Gasteiger partial charge < -0.3 is 5.73 Å². The molecule has 3 N–H and O–H groups in total. The van der Waals surface area contributed by atoms with Crippen LogP contribution < -0.4 is 10.5 Å². The molecule has 0 saturated heterocycles. The van der Waals surface area contributed by atoms with Crippen LogP contribution in [0.3, 0.4) is 0 Å². The van der Waals surface area contributed by atoms with Crippen LogP contribution in [0.25, 0.3) is 0 Å². The highest BCUT2D eigenvalue weighted by Gasteiger charge is 2.19. The van der Waals surface area contributed by atoms with Crippen molar-refractivity contribution in [2.45, 2.75) is 11.8 Å². The van der Waals surface area contributed by atoms with Crippen LogP contribution in [0.5, 0.6) is 0 Å². The summed E-state index contributed by atoms with van der Waals surface area (Å²) in [6.07, 6.45) is 1.30. The van der Waals surface area contributed by atoms with Gasteiger partial charge in [0, 0.05) is 5.69 Å². The zero-order chi connectivity index (χ0) is 15.6. The number of pyridine rings is 1. The summed E-state index contributed by atoms with van der Waals surface area (Å²) < 4.78 is 27.0.